The van der Waals surface area contributed by atoms with Crippen molar-refractivity contribution in [2.45, 2.75) is 39.2 Å². The first-order valence-electron chi connectivity index (χ1n) is 11.7. The Morgan fingerprint density at radius 1 is 1.16 bits per heavy atom. The minimum Gasteiger partial charge on any atom is -0.378 e. The molecule has 0 spiro atoms. The Balaban J connectivity index is 1.52. The number of halogens is 1. The van der Waals surface area contributed by atoms with E-state index in [2.05, 4.69) is 70.4 Å². The topological polar surface area (TPSA) is 42.6 Å². The molecule has 1 unspecified atom stereocenters. The molecule has 6 heteroatoms. The first kappa shape index (κ1) is 21.4. The zero-order chi connectivity index (χ0) is 22.1. The second-order valence-corrected chi connectivity index (χ2v) is 9.38. The van der Waals surface area contributed by atoms with E-state index in [1.165, 1.54) is 40.9 Å². The van der Waals surface area contributed by atoms with Gasteiger partial charge in [0.05, 0.1) is 17.4 Å². The number of anilines is 1. The van der Waals surface area contributed by atoms with Crippen molar-refractivity contribution in [1.29, 1.82) is 0 Å². The Bertz CT molecular complexity index is 1060. The van der Waals surface area contributed by atoms with Gasteiger partial charge < -0.3 is 10.7 Å². The summed E-state index contributed by atoms with van der Waals surface area (Å²) in [6, 6.07) is 15.3. The van der Waals surface area contributed by atoms with Gasteiger partial charge in [-0.25, -0.2) is 0 Å². The molecule has 0 fully saturated rings. The molecule has 0 aromatic heterocycles. The molecule has 3 heterocycles. The fourth-order valence-electron chi connectivity index (χ4n) is 5.09. The number of hydrogen-bond acceptors (Lipinski definition) is 5. The van der Waals surface area contributed by atoms with E-state index in [-0.39, 0.29) is 6.04 Å². The van der Waals surface area contributed by atoms with Crippen molar-refractivity contribution in [2.75, 3.05) is 31.5 Å². The van der Waals surface area contributed by atoms with Crippen molar-refractivity contribution in [3.63, 3.8) is 0 Å². The van der Waals surface area contributed by atoms with Gasteiger partial charge in [0.25, 0.3) is 0 Å². The van der Waals surface area contributed by atoms with E-state index < -0.39 is 0 Å². The number of nitrogens with zero attached hydrogens (tertiary/aromatic N) is 2. The van der Waals surface area contributed by atoms with Gasteiger partial charge >= 0.3 is 0 Å². The Labute approximate surface area is 196 Å². The van der Waals surface area contributed by atoms with Crippen LogP contribution in [0.2, 0.25) is 5.02 Å². The summed E-state index contributed by atoms with van der Waals surface area (Å²) in [4.78, 5) is 2.54. The lowest BCUT2D eigenvalue weighted by Crippen LogP contribution is -2.37. The lowest BCUT2D eigenvalue weighted by Gasteiger charge is -2.27. The van der Waals surface area contributed by atoms with E-state index >= 15 is 0 Å². The molecule has 0 aliphatic carbocycles. The molecule has 3 N–H and O–H groups in total. The Hall–Kier alpha value is -2.47. The first-order chi connectivity index (χ1) is 15.6. The molecule has 0 saturated carbocycles. The molecule has 2 aromatic carbocycles. The second kappa shape index (κ2) is 9.18. The van der Waals surface area contributed by atoms with Gasteiger partial charge in [-0.1, -0.05) is 42.8 Å². The van der Waals surface area contributed by atoms with E-state index in [1.807, 2.05) is 18.2 Å². The van der Waals surface area contributed by atoms with Crippen LogP contribution in [0.1, 0.15) is 55.8 Å². The molecule has 3 aliphatic heterocycles. The SMILES string of the molecule is CCCN1CC=C(c2ccc3c(c2)C(Nc2cccc(Cl)c2)CCN2NNC(C)=C32)CC1. The Kier molecular flexibility index (Phi) is 6.13. The molecular formula is C26H32ClN5. The molecule has 1 atom stereocenters. The zero-order valence-corrected chi connectivity index (χ0v) is 19.7. The minimum atomic E-state index is 0.205. The van der Waals surface area contributed by atoms with Gasteiger partial charge in [-0.15, -0.1) is 5.53 Å². The van der Waals surface area contributed by atoms with Crippen molar-refractivity contribution in [1.82, 2.24) is 20.9 Å². The maximum atomic E-state index is 6.27. The van der Waals surface area contributed by atoms with Crippen LogP contribution in [0, 0.1) is 0 Å². The van der Waals surface area contributed by atoms with Crippen LogP contribution < -0.4 is 16.3 Å². The van der Waals surface area contributed by atoms with Gasteiger partial charge in [-0.3, -0.25) is 9.91 Å². The minimum absolute atomic E-state index is 0.205. The van der Waals surface area contributed by atoms with Gasteiger partial charge in [0.1, 0.15) is 0 Å². The standard InChI is InChI=1S/C26H32ClN5/c1-3-12-31-13-9-19(10-14-31)20-7-8-23-24(16-20)25(28-22-6-4-5-21(27)17-22)11-15-32-26(23)18(2)29-30-32/h4-9,16-17,25,28-30H,3,10-15H2,1-2H3. The van der Waals surface area contributed by atoms with Crippen LogP contribution in [0.5, 0.6) is 0 Å². The van der Waals surface area contributed by atoms with Gasteiger partial charge in [-0.2, -0.15) is 0 Å². The van der Waals surface area contributed by atoms with Crippen molar-refractivity contribution < 1.29 is 0 Å². The van der Waals surface area contributed by atoms with Crippen LogP contribution in [-0.2, 0) is 0 Å². The second-order valence-electron chi connectivity index (χ2n) is 8.94. The van der Waals surface area contributed by atoms with Crippen LogP contribution in [0.4, 0.5) is 5.69 Å². The maximum absolute atomic E-state index is 6.27. The van der Waals surface area contributed by atoms with E-state index in [0.717, 1.165) is 48.9 Å². The third-order valence-corrected chi connectivity index (χ3v) is 6.93. The fourth-order valence-corrected chi connectivity index (χ4v) is 5.28. The number of benzene rings is 2. The third kappa shape index (κ3) is 4.25. The summed E-state index contributed by atoms with van der Waals surface area (Å²) in [5.41, 5.74) is 15.5. The summed E-state index contributed by atoms with van der Waals surface area (Å²) in [6.07, 6.45) is 5.73. The molecule has 168 valence electrons. The zero-order valence-electron chi connectivity index (χ0n) is 18.9. The number of nitrogens with one attached hydrogen (secondary N) is 3. The van der Waals surface area contributed by atoms with Gasteiger partial charge in [0.15, 0.2) is 0 Å². The van der Waals surface area contributed by atoms with Crippen LogP contribution >= 0.6 is 11.6 Å². The average molecular weight is 450 g/mol. The van der Waals surface area contributed by atoms with Gasteiger partial charge in [0, 0.05) is 35.9 Å². The van der Waals surface area contributed by atoms with Crippen LogP contribution in [0.3, 0.4) is 0 Å². The van der Waals surface area contributed by atoms with Gasteiger partial charge in [-0.05, 0) is 73.7 Å². The summed E-state index contributed by atoms with van der Waals surface area (Å²) in [6.45, 7) is 8.69. The predicted octanol–water partition coefficient (Wildman–Crippen LogP) is 5.41. The highest BCUT2D eigenvalue weighted by Gasteiger charge is 2.30. The number of rotatable bonds is 5. The third-order valence-electron chi connectivity index (χ3n) is 6.70. The molecular weight excluding hydrogens is 418 g/mol. The molecule has 3 aliphatic rings. The normalized spacial score (nSPS) is 20.9. The highest BCUT2D eigenvalue weighted by atomic mass is 35.5. The van der Waals surface area contributed by atoms with Crippen molar-refractivity contribution in [3.8, 4) is 0 Å². The number of allylic oxidation sites excluding steroid dienone is 1. The van der Waals surface area contributed by atoms with Crippen molar-refractivity contribution >= 4 is 28.6 Å². The summed E-state index contributed by atoms with van der Waals surface area (Å²) < 4.78 is 0. The number of fused-ring (bicyclic) bond motifs is 3. The van der Waals surface area contributed by atoms with Gasteiger partial charge in [0.2, 0.25) is 0 Å². The van der Waals surface area contributed by atoms with Crippen molar-refractivity contribution in [2.24, 2.45) is 0 Å². The van der Waals surface area contributed by atoms with E-state index in [0.29, 0.717) is 0 Å². The lowest BCUT2D eigenvalue weighted by molar-refractivity contribution is 0.281. The maximum Gasteiger partial charge on any atom is 0.0814 e. The molecule has 0 amide bonds. The Morgan fingerprint density at radius 2 is 2.06 bits per heavy atom. The largest absolute Gasteiger partial charge is 0.378 e. The first-order valence-corrected chi connectivity index (χ1v) is 12.1. The van der Waals surface area contributed by atoms with E-state index in [4.69, 9.17) is 11.6 Å². The quantitative estimate of drug-likeness (QED) is 0.569. The number of hydrogen-bond donors (Lipinski definition) is 3. The van der Waals surface area contributed by atoms with E-state index in [1.54, 1.807) is 0 Å². The fraction of sp³-hybridized carbons (Fsp3) is 0.385. The molecule has 5 rings (SSSR count). The molecule has 2 aromatic rings. The highest BCUT2D eigenvalue weighted by Crippen LogP contribution is 2.39. The summed E-state index contributed by atoms with van der Waals surface area (Å²) in [7, 11) is 0. The monoisotopic (exact) mass is 449 g/mol. The number of hydrazine groups is 2. The molecule has 0 radical (unpaired) electrons. The van der Waals surface area contributed by atoms with Crippen molar-refractivity contribution in [3.05, 3.63) is 76.0 Å². The smallest absolute Gasteiger partial charge is 0.0814 e. The summed E-state index contributed by atoms with van der Waals surface area (Å²) in [5, 5.41) is 6.75. The highest BCUT2D eigenvalue weighted by molar-refractivity contribution is 6.30. The molecule has 5 nitrogen and oxygen atoms in total. The molecule has 0 bridgehead atoms. The summed E-state index contributed by atoms with van der Waals surface area (Å²) in [5.74, 6) is 0. The van der Waals surface area contributed by atoms with Crippen LogP contribution in [0.25, 0.3) is 11.3 Å². The lowest BCUT2D eigenvalue weighted by atomic mass is 9.90. The average Bonchev–Trinajstić information content (AvgIpc) is 3.09. The summed E-state index contributed by atoms with van der Waals surface area (Å²) >= 11 is 6.27. The van der Waals surface area contributed by atoms with E-state index in [9.17, 15) is 0 Å². The molecule has 0 saturated heterocycles. The molecule has 32 heavy (non-hydrogen) atoms. The van der Waals surface area contributed by atoms with Crippen LogP contribution in [-0.4, -0.2) is 36.1 Å². The predicted molar refractivity (Wildman–Crippen MR) is 134 cm³/mol. The Morgan fingerprint density at radius 3 is 2.84 bits per heavy atom. The van der Waals surface area contributed by atoms with Crippen LogP contribution in [0.15, 0.2) is 54.2 Å².